The SMILES string of the molecule is O=C(Cn1c(=O)oc2ccc(F)cc21)c1ccc2ccccc2c1. The molecule has 4 aromatic rings. The Bertz CT molecular complexity index is 1140. The first-order valence-corrected chi connectivity index (χ1v) is 7.43. The van der Waals surface area contributed by atoms with Gasteiger partial charge in [-0.3, -0.25) is 9.36 Å². The molecule has 0 amide bonds. The van der Waals surface area contributed by atoms with Gasteiger partial charge in [-0.15, -0.1) is 0 Å². The number of rotatable bonds is 3. The number of fused-ring (bicyclic) bond motifs is 2. The number of carbonyl (C=O) groups excluding carboxylic acids is 1. The molecule has 0 saturated carbocycles. The Morgan fingerprint density at radius 3 is 2.62 bits per heavy atom. The van der Waals surface area contributed by atoms with Crippen LogP contribution in [-0.4, -0.2) is 10.4 Å². The number of Topliss-reactive ketones (excluding diaryl/α,β-unsaturated/α-hetero) is 1. The number of benzene rings is 3. The number of hydrogen-bond acceptors (Lipinski definition) is 3. The van der Waals surface area contributed by atoms with Gasteiger partial charge < -0.3 is 4.42 Å². The van der Waals surface area contributed by atoms with Crippen LogP contribution in [0.2, 0.25) is 0 Å². The van der Waals surface area contributed by atoms with E-state index in [0.29, 0.717) is 5.56 Å². The lowest BCUT2D eigenvalue weighted by Crippen LogP contribution is -2.20. The van der Waals surface area contributed by atoms with Crippen molar-refractivity contribution < 1.29 is 13.6 Å². The molecule has 0 aliphatic rings. The monoisotopic (exact) mass is 321 g/mol. The van der Waals surface area contributed by atoms with E-state index in [1.165, 1.54) is 18.2 Å². The summed E-state index contributed by atoms with van der Waals surface area (Å²) in [5, 5.41) is 1.97. The average Bonchev–Trinajstić information content (AvgIpc) is 2.89. The number of nitrogens with zero attached hydrogens (tertiary/aromatic N) is 1. The standard InChI is InChI=1S/C19H12FNO3/c20-15-7-8-18-16(10-15)21(19(23)24-18)11-17(22)14-6-5-12-3-1-2-4-13(12)9-14/h1-10H,11H2. The van der Waals surface area contributed by atoms with Crippen LogP contribution in [0.4, 0.5) is 4.39 Å². The van der Waals surface area contributed by atoms with Gasteiger partial charge in [-0.1, -0.05) is 36.4 Å². The minimum Gasteiger partial charge on any atom is -0.408 e. The summed E-state index contributed by atoms with van der Waals surface area (Å²) in [6.07, 6.45) is 0. The molecular weight excluding hydrogens is 309 g/mol. The Morgan fingerprint density at radius 2 is 1.79 bits per heavy atom. The Labute approximate surface area is 135 Å². The van der Waals surface area contributed by atoms with E-state index in [0.717, 1.165) is 15.3 Å². The molecule has 0 radical (unpaired) electrons. The molecule has 1 heterocycles. The Morgan fingerprint density at radius 1 is 1.00 bits per heavy atom. The minimum absolute atomic E-state index is 0.201. The molecule has 0 N–H and O–H groups in total. The van der Waals surface area contributed by atoms with Crippen molar-refractivity contribution in [3.63, 3.8) is 0 Å². The predicted molar refractivity (Wildman–Crippen MR) is 88.7 cm³/mol. The maximum absolute atomic E-state index is 13.4. The van der Waals surface area contributed by atoms with Crippen molar-refractivity contribution >= 4 is 27.7 Å². The second-order valence-electron chi connectivity index (χ2n) is 5.55. The topological polar surface area (TPSA) is 52.2 Å². The summed E-state index contributed by atoms with van der Waals surface area (Å²) in [6, 6.07) is 16.8. The van der Waals surface area contributed by atoms with Crippen LogP contribution in [0, 0.1) is 5.82 Å². The molecule has 0 bridgehead atoms. The molecule has 118 valence electrons. The normalized spacial score (nSPS) is 11.2. The van der Waals surface area contributed by atoms with E-state index in [1.54, 1.807) is 12.1 Å². The zero-order valence-electron chi connectivity index (χ0n) is 12.5. The Hall–Kier alpha value is -3.21. The zero-order chi connectivity index (χ0) is 16.7. The lowest BCUT2D eigenvalue weighted by Gasteiger charge is -2.04. The van der Waals surface area contributed by atoms with Gasteiger partial charge >= 0.3 is 5.76 Å². The van der Waals surface area contributed by atoms with Crippen molar-refractivity contribution in [1.82, 2.24) is 4.57 Å². The van der Waals surface area contributed by atoms with Crippen LogP contribution in [0.5, 0.6) is 0 Å². The predicted octanol–water partition coefficient (Wildman–Crippen LogP) is 3.77. The molecule has 1 aromatic heterocycles. The molecule has 0 saturated heterocycles. The molecule has 0 unspecified atom stereocenters. The highest BCUT2D eigenvalue weighted by atomic mass is 19.1. The van der Waals surface area contributed by atoms with Gasteiger partial charge in [0.05, 0.1) is 12.1 Å². The van der Waals surface area contributed by atoms with Gasteiger partial charge in [0.1, 0.15) is 5.82 Å². The van der Waals surface area contributed by atoms with Crippen LogP contribution in [0.25, 0.3) is 21.9 Å². The zero-order valence-corrected chi connectivity index (χ0v) is 12.5. The number of hydrogen-bond donors (Lipinski definition) is 0. The molecule has 0 fully saturated rings. The molecule has 24 heavy (non-hydrogen) atoms. The highest BCUT2D eigenvalue weighted by Gasteiger charge is 2.15. The summed E-state index contributed by atoms with van der Waals surface area (Å²) in [5.41, 5.74) is 1.02. The summed E-state index contributed by atoms with van der Waals surface area (Å²) in [4.78, 5) is 24.5. The molecule has 4 nitrogen and oxygen atoms in total. The smallest absolute Gasteiger partial charge is 0.408 e. The first kappa shape index (κ1) is 14.4. The second-order valence-corrected chi connectivity index (χ2v) is 5.55. The van der Waals surface area contributed by atoms with Gasteiger partial charge in [-0.2, -0.15) is 0 Å². The van der Waals surface area contributed by atoms with Gasteiger partial charge in [0.15, 0.2) is 11.4 Å². The van der Waals surface area contributed by atoms with Crippen molar-refractivity contribution in [3.05, 3.63) is 82.6 Å². The van der Waals surface area contributed by atoms with Crippen LogP contribution in [0.1, 0.15) is 10.4 Å². The summed E-state index contributed by atoms with van der Waals surface area (Å²) in [5.74, 6) is -1.41. The van der Waals surface area contributed by atoms with Crippen molar-refractivity contribution in [2.45, 2.75) is 6.54 Å². The average molecular weight is 321 g/mol. The first-order chi connectivity index (χ1) is 11.6. The van der Waals surface area contributed by atoms with Crippen LogP contribution in [0.3, 0.4) is 0 Å². The van der Waals surface area contributed by atoms with Gasteiger partial charge in [-0.05, 0) is 29.0 Å². The first-order valence-electron chi connectivity index (χ1n) is 7.43. The Kier molecular flexibility index (Phi) is 3.27. The summed E-state index contributed by atoms with van der Waals surface area (Å²) in [7, 11) is 0. The van der Waals surface area contributed by atoms with E-state index in [4.69, 9.17) is 4.42 Å². The van der Waals surface area contributed by atoms with Crippen molar-refractivity contribution in [2.75, 3.05) is 0 Å². The van der Waals surface area contributed by atoms with Crippen molar-refractivity contribution in [1.29, 1.82) is 0 Å². The molecule has 0 atom stereocenters. The van der Waals surface area contributed by atoms with Gasteiger partial charge in [0.2, 0.25) is 0 Å². The van der Waals surface area contributed by atoms with E-state index < -0.39 is 11.6 Å². The molecule has 5 heteroatoms. The maximum atomic E-state index is 13.4. The largest absolute Gasteiger partial charge is 0.420 e. The van der Waals surface area contributed by atoms with Crippen molar-refractivity contribution in [2.24, 2.45) is 0 Å². The highest BCUT2D eigenvalue weighted by Crippen LogP contribution is 2.18. The van der Waals surface area contributed by atoms with Crippen LogP contribution < -0.4 is 5.76 Å². The number of carbonyl (C=O) groups is 1. The van der Waals surface area contributed by atoms with Crippen molar-refractivity contribution in [3.8, 4) is 0 Å². The maximum Gasteiger partial charge on any atom is 0.420 e. The molecule has 3 aromatic carbocycles. The fourth-order valence-electron chi connectivity index (χ4n) is 2.78. The van der Waals surface area contributed by atoms with Gasteiger partial charge in [0.25, 0.3) is 0 Å². The molecule has 0 aliphatic heterocycles. The lowest BCUT2D eigenvalue weighted by atomic mass is 10.0. The van der Waals surface area contributed by atoms with E-state index in [2.05, 4.69) is 0 Å². The summed E-state index contributed by atoms with van der Waals surface area (Å²) >= 11 is 0. The van der Waals surface area contributed by atoms with E-state index in [-0.39, 0.29) is 23.4 Å². The summed E-state index contributed by atoms with van der Waals surface area (Å²) < 4.78 is 19.6. The van der Waals surface area contributed by atoms with Crippen LogP contribution in [-0.2, 0) is 6.54 Å². The third kappa shape index (κ3) is 2.40. The number of ketones is 1. The third-order valence-electron chi connectivity index (χ3n) is 4.00. The fourth-order valence-corrected chi connectivity index (χ4v) is 2.78. The molecular formula is C19H12FNO3. The number of halogens is 1. The number of aromatic nitrogens is 1. The van der Waals surface area contributed by atoms with Gasteiger partial charge in [-0.25, -0.2) is 9.18 Å². The van der Waals surface area contributed by atoms with E-state index in [9.17, 15) is 14.0 Å². The van der Waals surface area contributed by atoms with E-state index in [1.807, 2.05) is 30.3 Å². The van der Waals surface area contributed by atoms with Gasteiger partial charge in [0, 0.05) is 11.6 Å². The van der Waals surface area contributed by atoms with E-state index >= 15 is 0 Å². The third-order valence-corrected chi connectivity index (χ3v) is 4.00. The quantitative estimate of drug-likeness (QED) is 0.540. The Balaban J connectivity index is 1.74. The highest BCUT2D eigenvalue weighted by molar-refractivity contribution is 6.00. The second kappa shape index (κ2) is 5.45. The molecule has 4 rings (SSSR count). The molecule has 0 aliphatic carbocycles. The minimum atomic E-state index is -0.676. The summed E-state index contributed by atoms with van der Waals surface area (Å²) in [6.45, 7) is -0.201. The lowest BCUT2D eigenvalue weighted by molar-refractivity contribution is 0.0970. The number of oxazole rings is 1. The van der Waals surface area contributed by atoms with Crippen LogP contribution in [0.15, 0.2) is 69.9 Å². The fraction of sp³-hybridized carbons (Fsp3) is 0.0526. The van der Waals surface area contributed by atoms with Crippen LogP contribution >= 0.6 is 0 Å². The molecule has 0 spiro atoms.